The lowest BCUT2D eigenvalue weighted by Gasteiger charge is -2.24. The summed E-state index contributed by atoms with van der Waals surface area (Å²) in [6, 6.07) is 0. The zero-order valence-electron chi connectivity index (χ0n) is 37.5. The van der Waals surface area contributed by atoms with Crippen molar-refractivity contribution in [2.75, 3.05) is 47.5 Å². The molecule has 0 spiro atoms. The molecule has 0 heterocycles. The van der Waals surface area contributed by atoms with E-state index in [4.69, 9.17) is 18.5 Å². The summed E-state index contributed by atoms with van der Waals surface area (Å²) in [7, 11) is 1.44. The van der Waals surface area contributed by atoms with Gasteiger partial charge in [-0.05, 0) is 89.9 Å². The highest BCUT2D eigenvalue weighted by atomic mass is 31.2. The van der Waals surface area contributed by atoms with Crippen molar-refractivity contribution in [1.29, 1.82) is 0 Å². The summed E-state index contributed by atoms with van der Waals surface area (Å²) >= 11 is 0. The van der Waals surface area contributed by atoms with E-state index in [0.29, 0.717) is 23.9 Å². The molecule has 1 N–H and O–H groups in total. The molecule has 0 saturated carbocycles. The van der Waals surface area contributed by atoms with Crippen LogP contribution in [0, 0.1) is 0 Å². The van der Waals surface area contributed by atoms with E-state index in [1.807, 2.05) is 21.1 Å². The fourth-order valence-electron chi connectivity index (χ4n) is 5.61. The number of nitrogens with zero attached hydrogens (tertiary/aromatic N) is 1. The second kappa shape index (κ2) is 39.9. The summed E-state index contributed by atoms with van der Waals surface area (Å²) in [4.78, 5) is 35.4. The van der Waals surface area contributed by atoms with Crippen LogP contribution < -0.4 is 0 Å². The summed E-state index contributed by atoms with van der Waals surface area (Å²) in [6.07, 6.45) is 49.4. The van der Waals surface area contributed by atoms with Gasteiger partial charge in [-0.25, -0.2) is 4.57 Å². The van der Waals surface area contributed by atoms with E-state index in [1.165, 1.54) is 51.4 Å². The van der Waals surface area contributed by atoms with Crippen LogP contribution in [-0.2, 0) is 32.7 Å². The first-order valence-electron chi connectivity index (χ1n) is 22.7. The fraction of sp³-hybridized carbons (Fsp3) is 0.708. The molecule has 10 heteroatoms. The van der Waals surface area contributed by atoms with Gasteiger partial charge in [0.15, 0.2) is 6.10 Å². The molecule has 0 aromatic heterocycles. The van der Waals surface area contributed by atoms with E-state index in [2.05, 4.69) is 86.8 Å². The summed E-state index contributed by atoms with van der Waals surface area (Å²) in [5.41, 5.74) is 0. The van der Waals surface area contributed by atoms with Crippen LogP contribution in [0.1, 0.15) is 168 Å². The summed E-state index contributed by atoms with van der Waals surface area (Å²) in [5.74, 6) is -0.855. The molecule has 9 nitrogen and oxygen atoms in total. The standard InChI is InChI=1S/C48H84NO8P/c1-6-8-10-12-14-16-18-20-22-24-26-28-30-32-34-36-38-40-47(50)54-44-46(45-56-58(52,53)55-43-42-49(3,4)5)57-48(51)41-39-37-35-33-31-29-27-25-23-21-19-17-15-13-11-9-7-2/h14-17,20-23,26-29,46H,6-13,18-19,24-25,30-45H2,1-5H3/p+1/b16-14-,17-15-,22-20-,23-21-,28-26-,29-27-/t46-/m1/s1. The highest BCUT2D eigenvalue weighted by molar-refractivity contribution is 7.47. The number of phosphoric ester groups is 1. The van der Waals surface area contributed by atoms with Crippen molar-refractivity contribution in [3.63, 3.8) is 0 Å². The van der Waals surface area contributed by atoms with Crippen LogP contribution in [-0.4, -0.2) is 74.9 Å². The molecule has 0 fully saturated rings. The average Bonchev–Trinajstić information content (AvgIpc) is 3.17. The number of phosphoric acid groups is 1. The summed E-state index contributed by atoms with van der Waals surface area (Å²) < 4.78 is 34.3. The van der Waals surface area contributed by atoms with Crippen LogP contribution in [0.2, 0.25) is 0 Å². The minimum absolute atomic E-state index is 0.0195. The van der Waals surface area contributed by atoms with Crippen molar-refractivity contribution in [2.45, 2.75) is 174 Å². The molecule has 0 aliphatic carbocycles. The maximum absolute atomic E-state index is 12.7. The number of carbonyl (C=O) groups is 2. The highest BCUT2D eigenvalue weighted by Crippen LogP contribution is 2.43. The fourth-order valence-corrected chi connectivity index (χ4v) is 6.36. The second-order valence-corrected chi connectivity index (χ2v) is 17.5. The van der Waals surface area contributed by atoms with Gasteiger partial charge >= 0.3 is 19.8 Å². The Balaban J connectivity index is 4.45. The van der Waals surface area contributed by atoms with E-state index in [1.54, 1.807) is 0 Å². The third kappa shape index (κ3) is 43.0. The topological polar surface area (TPSA) is 108 Å². The lowest BCUT2D eigenvalue weighted by Crippen LogP contribution is -2.37. The zero-order valence-corrected chi connectivity index (χ0v) is 38.4. The number of carbonyl (C=O) groups excluding carboxylic acids is 2. The first-order chi connectivity index (χ1) is 28.0. The van der Waals surface area contributed by atoms with E-state index in [9.17, 15) is 19.0 Å². The van der Waals surface area contributed by atoms with Gasteiger partial charge in [0.2, 0.25) is 0 Å². The molecular weight excluding hydrogens is 750 g/mol. The molecule has 0 aliphatic heterocycles. The van der Waals surface area contributed by atoms with Crippen molar-refractivity contribution in [2.24, 2.45) is 0 Å². The predicted octanol–water partition coefficient (Wildman–Crippen LogP) is 13.0. The molecule has 58 heavy (non-hydrogen) atoms. The molecule has 0 aromatic rings. The monoisotopic (exact) mass is 835 g/mol. The lowest BCUT2D eigenvalue weighted by molar-refractivity contribution is -0.870. The largest absolute Gasteiger partial charge is 0.472 e. The van der Waals surface area contributed by atoms with Gasteiger partial charge in [-0.1, -0.05) is 138 Å². The third-order valence-corrected chi connectivity index (χ3v) is 10.2. The Morgan fingerprint density at radius 2 is 0.931 bits per heavy atom. The maximum Gasteiger partial charge on any atom is 0.472 e. The third-order valence-electron chi connectivity index (χ3n) is 9.21. The van der Waals surface area contributed by atoms with Gasteiger partial charge in [-0.3, -0.25) is 18.6 Å². The van der Waals surface area contributed by atoms with Gasteiger partial charge < -0.3 is 18.9 Å². The van der Waals surface area contributed by atoms with Crippen molar-refractivity contribution in [1.82, 2.24) is 0 Å². The Bertz CT molecular complexity index is 1220. The van der Waals surface area contributed by atoms with Crippen LogP contribution in [0.3, 0.4) is 0 Å². The number of esters is 2. The average molecular weight is 835 g/mol. The number of hydrogen-bond donors (Lipinski definition) is 1. The first kappa shape index (κ1) is 55.5. The molecule has 0 aromatic carbocycles. The van der Waals surface area contributed by atoms with Crippen molar-refractivity contribution < 1.29 is 42.1 Å². The van der Waals surface area contributed by atoms with E-state index >= 15 is 0 Å². The molecule has 0 bridgehead atoms. The number of allylic oxidation sites excluding steroid dienone is 12. The predicted molar refractivity (Wildman–Crippen MR) is 242 cm³/mol. The molecule has 334 valence electrons. The molecule has 0 amide bonds. The Kier molecular flexibility index (Phi) is 38.1. The molecule has 2 atom stereocenters. The van der Waals surface area contributed by atoms with E-state index in [-0.39, 0.29) is 26.1 Å². The number of quaternary nitrogens is 1. The summed E-state index contributed by atoms with van der Waals surface area (Å²) in [5, 5.41) is 0. The summed E-state index contributed by atoms with van der Waals surface area (Å²) in [6.45, 7) is 4.30. The van der Waals surface area contributed by atoms with Gasteiger partial charge in [0.05, 0.1) is 27.7 Å². The lowest BCUT2D eigenvalue weighted by atomic mass is 10.1. The Morgan fingerprint density at radius 1 is 0.534 bits per heavy atom. The Hall–Kier alpha value is -2.55. The van der Waals surface area contributed by atoms with Gasteiger partial charge in [0.1, 0.15) is 19.8 Å². The normalized spacial score (nSPS) is 14.2. The Labute approximate surface area is 355 Å². The van der Waals surface area contributed by atoms with Crippen LogP contribution in [0.5, 0.6) is 0 Å². The van der Waals surface area contributed by atoms with E-state index < -0.39 is 32.5 Å². The second-order valence-electron chi connectivity index (χ2n) is 16.1. The number of ether oxygens (including phenoxy) is 2. The smallest absolute Gasteiger partial charge is 0.462 e. The first-order valence-corrected chi connectivity index (χ1v) is 24.2. The number of hydrogen-bond acceptors (Lipinski definition) is 7. The molecule has 0 aliphatic rings. The van der Waals surface area contributed by atoms with Gasteiger partial charge in [-0.15, -0.1) is 0 Å². The van der Waals surface area contributed by atoms with Crippen LogP contribution in [0.4, 0.5) is 0 Å². The van der Waals surface area contributed by atoms with Gasteiger partial charge in [-0.2, -0.15) is 0 Å². The number of likely N-dealkylation sites (N-methyl/N-ethyl adjacent to an activating group) is 1. The SMILES string of the molecule is CCCCC/C=C\C/C=C\C/C=C\CCCCCCC(=O)OC[C@H](COP(=O)(O)OCC[N+](C)(C)C)OC(=O)CCCCCC/C=C\C/C=C\C/C=C\CCCCC. The molecule has 0 radical (unpaired) electrons. The molecule has 1 unspecified atom stereocenters. The maximum atomic E-state index is 12.7. The van der Waals surface area contributed by atoms with Crippen molar-refractivity contribution in [3.05, 3.63) is 72.9 Å². The molecule has 0 saturated heterocycles. The van der Waals surface area contributed by atoms with Gasteiger partial charge in [0.25, 0.3) is 0 Å². The van der Waals surface area contributed by atoms with Crippen LogP contribution >= 0.6 is 7.82 Å². The van der Waals surface area contributed by atoms with Crippen molar-refractivity contribution >= 4 is 19.8 Å². The quantitative estimate of drug-likeness (QED) is 0.0214. The number of unbranched alkanes of at least 4 members (excludes halogenated alkanes) is 14. The van der Waals surface area contributed by atoms with Gasteiger partial charge in [0, 0.05) is 12.8 Å². The van der Waals surface area contributed by atoms with Crippen LogP contribution in [0.15, 0.2) is 72.9 Å². The minimum Gasteiger partial charge on any atom is -0.462 e. The van der Waals surface area contributed by atoms with Crippen molar-refractivity contribution in [3.8, 4) is 0 Å². The van der Waals surface area contributed by atoms with Crippen LogP contribution in [0.25, 0.3) is 0 Å². The zero-order chi connectivity index (χ0) is 42.8. The number of rotatable bonds is 40. The minimum atomic E-state index is -4.39. The Morgan fingerprint density at radius 3 is 1.36 bits per heavy atom. The van der Waals surface area contributed by atoms with E-state index in [0.717, 1.165) is 77.0 Å². The molecular formula is C48H85NO8P+. The molecule has 0 rings (SSSR count). The highest BCUT2D eigenvalue weighted by Gasteiger charge is 2.27.